The molecule has 1 atom stereocenters. The van der Waals surface area contributed by atoms with Gasteiger partial charge in [-0.15, -0.1) is 0 Å². The number of aromatic nitrogens is 1. The monoisotopic (exact) mass is 268 g/mol. The minimum Gasteiger partial charge on any atom is -0.493 e. The maximum atomic E-state index is 5.96. The summed E-state index contributed by atoms with van der Waals surface area (Å²) >= 11 is 0. The lowest BCUT2D eigenvalue weighted by Crippen LogP contribution is -2.23. The quantitative estimate of drug-likeness (QED) is 0.928. The van der Waals surface area contributed by atoms with E-state index in [-0.39, 0.29) is 0 Å². The fraction of sp³-hybridized carbons (Fsp3) is 0.353. The van der Waals surface area contributed by atoms with Gasteiger partial charge in [0.25, 0.3) is 0 Å². The predicted octanol–water partition coefficient (Wildman–Crippen LogP) is 3.14. The van der Waals surface area contributed by atoms with Crippen LogP contribution in [0.25, 0.3) is 11.1 Å². The van der Waals surface area contributed by atoms with Crippen molar-refractivity contribution in [2.24, 2.45) is 0 Å². The first-order valence-electron chi connectivity index (χ1n) is 7.13. The Kier molecular flexibility index (Phi) is 3.70. The average Bonchev–Trinajstić information content (AvgIpc) is 2.48. The lowest BCUT2D eigenvalue weighted by atomic mass is 9.90. The third-order valence-electron chi connectivity index (χ3n) is 3.87. The van der Waals surface area contributed by atoms with Gasteiger partial charge in [-0.1, -0.05) is 24.3 Å². The smallest absolute Gasteiger partial charge is 0.130 e. The summed E-state index contributed by atoms with van der Waals surface area (Å²) in [6, 6.07) is 10.6. The van der Waals surface area contributed by atoms with Crippen LogP contribution in [-0.4, -0.2) is 25.2 Å². The molecule has 20 heavy (non-hydrogen) atoms. The van der Waals surface area contributed by atoms with Crippen molar-refractivity contribution < 1.29 is 4.74 Å². The molecular formula is C17H20N2O. The van der Waals surface area contributed by atoms with Crippen LogP contribution in [0.5, 0.6) is 5.75 Å². The zero-order valence-electron chi connectivity index (χ0n) is 12.0. The Morgan fingerprint density at radius 1 is 1.30 bits per heavy atom. The van der Waals surface area contributed by atoms with Gasteiger partial charge in [0.15, 0.2) is 0 Å². The summed E-state index contributed by atoms with van der Waals surface area (Å²) in [5, 5.41) is 3.28. The second kappa shape index (κ2) is 5.63. The first-order valence-corrected chi connectivity index (χ1v) is 7.13. The highest BCUT2D eigenvalue weighted by molar-refractivity contribution is 5.72. The Labute approximate surface area is 120 Å². The molecule has 0 saturated heterocycles. The molecule has 0 bridgehead atoms. The summed E-state index contributed by atoms with van der Waals surface area (Å²) in [6.45, 7) is 3.78. The van der Waals surface area contributed by atoms with E-state index in [1.54, 1.807) is 0 Å². The molecule has 3 nitrogen and oxygen atoms in total. The second-order valence-corrected chi connectivity index (χ2v) is 5.30. The molecule has 2 aromatic rings. The Hall–Kier alpha value is -1.87. The Bertz CT molecular complexity index is 592. The van der Waals surface area contributed by atoms with Crippen molar-refractivity contribution in [3.63, 3.8) is 0 Å². The maximum Gasteiger partial charge on any atom is 0.130 e. The number of fused-ring (bicyclic) bond motifs is 1. The molecule has 1 aromatic heterocycles. The second-order valence-electron chi connectivity index (χ2n) is 5.30. The van der Waals surface area contributed by atoms with E-state index in [1.807, 2.05) is 26.2 Å². The lowest BCUT2D eigenvalue weighted by Gasteiger charge is -2.27. The average molecular weight is 268 g/mol. The van der Waals surface area contributed by atoms with Crippen molar-refractivity contribution in [1.29, 1.82) is 0 Å². The molecule has 2 heterocycles. The van der Waals surface area contributed by atoms with Gasteiger partial charge >= 0.3 is 0 Å². The van der Waals surface area contributed by atoms with E-state index in [0.717, 1.165) is 42.1 Å². The predicted molar refractivity (Wildman–Crippen MR) is 81.2 cm³/mol. The van der Waals surface area contributed by atoms with Crippen LogP contribution < -0.4 is 10.1 Å². The molecule has 1 N–H and O–H groups in total. The highest BCUT2D eigenvalue weighted by Crippen LogP contribution is 2.40. The summed E-state index contributed by atoms with van der Waals surface area (Å²) in [5.74, 6) is 1.56. The van der Waals surface area contributed by atoms with Gasteiger partial charge in [-0.05, 0) is 32.0 Å². The summed E-state index contributed by atoms with van der Waals surface area (Å²) in [5.41, 5.74) is 4.62. The van der Waals surface area contributed by atoms with Gasteiger partial charge in [0.05, 0.1) is 6.61 Å². The Morgan fingerprint density at radius 2 is 2.20 bits per heavy atom. The highest BCUT2D eigenvalue weighted by atomic mass is 16.5. The van der Waals surface area contributed by atoms with Crippen LogP contribution in [-0.2, 0) is 0 Å². The standard InChI is InChI=1S/C17H20N2O/c1-12-6-7-13(11-19-12)15-4-3-5-16-14(10-18-2)8-9-20-17(15)16/h3-7,11,14,18H,8-10H2,1-2H3. The Morgan fingerprint density at radius 3 is 2.95 bits per heavy atom. The Balaban J connectivity index is 2.05. The summed E-state index contributed by atoms with van der Waals surface area (Å²) < 4.78 is 5.96. The number of ether oxygens (including phenoxy) is 1. The molecule has 1 aromatic carbocycles. The third-order valence-corrected chi connectivity index (χ3v) is 3.87. The molecule has 3 heteroatoms. The van der Waals surface area contributed by atoms with Crippen molar-refractivity contribution in [1.82, 2.24) is 10.3 Å². The molecule has 104 valence electrons. The van der Waals surface area contributed by atoms with Crippen LogP contribution in [0, 0.1) is 6.92 Å². The zero-order valence-corrected chi connectivity index (χ0v) is 12.0. The minimum atomic E-state index is 0.530. The molecule has 0 radical (unpaired) electrons. The van der Waals surface area contributed by atoms with Gasteiger partial charge in [0, 0.05) is 35.5 Å². The lowest BCUT2D eigenvalue weighted by molar-refractivity contribution is 0.267. The normalized spacial score (nSPS) is 17.4. The van der Waals surface area contributed by atoms with Gasteiger partial charge < -0.3 is 10.1 Å². The summed E-state index contributed by atoms with van der Waals surface area (Å²) in [4.78, 5) is 4.39. The number of para-hydroxylation sites is 1. The molecule has 0 aliphatic carbocycles. The third kappa shape index (κ3) is 2.41. The molecule has 1 aliphatic heterocycles. The zero-order chi connectivity index (χ0) is 13.9. The molecule has 0 amide bonds. The highest BCUT2D eigenvalue weighted by Gasteiger charge is 2.23. The van der Waals surface area contributed by atoms with Crippen molar-refractivity contribution in [2.45, 2.75) is 19.3 Å². The number of benzene rings is 1. The number of aryl methyl sites for hydroxylation is 1. The van der Waals surface area contributed by atoms with Crippen molar-refractivity contribution in [3.8, 4) is 16.9 Å². The number of nitrogens with zero attached hydrogens (tertiary/aromatic N) is 1. The number of pyridine rings is 1. The van der Waals surface area contributed by atoms with E-state index in [2.05, 4.69) is 34.6 Å². The molecular weight excluding hydrogens is 248 g/mol. The van der Waals surface area contributed by atoms with Crippen molar-refractivity contribution in [2.75, 3.05) is 20.2 Å². The van der Waals surface area contributed by atoms with Gasteiger partial charge in [-0.2, -0.15) is 0 Å². The van der Waals surface area contributed by atoms with Crippen LogP contribution in [0.15, 0.2) is 36.5 Å². The van der Waals surface area contributed by atoms with Crippen LogP contribution in [0.1, 0.15) is 23.6 Å². The fourth-order valence-corrected chi connectivity index (χ4v) is 2.81. The number of hydrogen-bond donors (Lipinski definition) is 1. The first kappa shape index (κ1) is 13.1. The molecule has 3 rings (SSSR count). The van der Waals surface area contributed by atoms with E-state index in [1.165, 1.54) is 5.56 Å². The molecule has 1 unspecified atom stereocenters. The maximum absolute atomic E-state index is 5.96. The van der Waals surface area contributed by atoms with Gasteiger partial charge in [-0.25, -0.2) is 0 Å². The summed E-state index contributed by atoms with van der Waals surface area (Å²) in [6.07, 6.45) is 3.00. The van der Waals surface area contributed by atoms with E-state index in [0.29, 0.717) is 5.92 Å². The van der Waals surface area contributed by atoms with Gasteiger partial charge in [0.2, 0.25) is 0 Å². The van der Waals surface area contributed by atoms with Crippen LogP contribution in [0.2, 0.25) is 0 Å². The molecule has 0 saturated carbocycles. The topological polar surface area (TPSA) is 34.1 Å². The molecule has 0 spiro atoms. The molecule has 0 fully saturated rings. The fourth-order valence-electron chi connectivity index (χ4n) is 2.81. The number of nitrogens with one attached hydrogen (secondary N) is 1. The van der Waals surface area contributed by atoms with Crippen molar-refractivity contribution in [3.05, 3.63) is 47.8 Å². The minimum absolute atomic E-state index is 0.530. The van der Waals surface area contributed by atoms with Gasteiger partial charge in [0.1, 0.15) is 5.75 Å². The first-order chi connectivity index (χ1) is 9.79. The largest absolute Gasteiger partial charge is 0.493 e. The van der Waals surface area contributed by atoms with Crippen LogP contribution in [0.3, 0.4) is 0 Å². The molecule has 1 aliphatic rings. The van der Waals surface area contributed by atoms with Crippen LogP contribution in [0.4, 0.5) is 0 Å². The number of hydrogen-bond acceptors (Lipinski definition) is 3. The summed E-state index contributed by atoms with van der Waals surface area (Å²) in [7, 11) is 2.00. The van der Waals surface area contributed by atoms with E-state index in [4.69, 9.17) is 4.74 Å². The van der Waals surface area contributed by atoms with Gasteiger partial charge in [-0.3, -0.25) is 4.98 Å². The van der Waals surface area contributed by atoms with E-state index >= 15 is 0 Å². The van der Waals surface area contributed by atoms with E-state index < -0.39 is 0 Å². The number of likely N-dealkylation sites (N-methyl/N-ethyl adjacent to an activating group) is 1. The SMILES string of the molecule is CNCC1CCOc2c(-c3ccc(C)nc3)cccc21. The number of rotatable bonds is 3. The van der Waals surface area contributed by atoms with E-state index in [9.17, 15) is 0 Å². The van der Waals surface area contributed by atoms with Crippen molar-refractivity contribution >= 4 is 0 Å². The van der Waals surface area contributed by atoms with Crippen LogP contribution >= 0.6 is 0 Å².